The fourth-order valence-electron chi connectivity index (χ4n) is 3.14. The fraction of sp³-hybridized carbons (Fsp3) is 0.952. The molecule has 0 N–H and O–H groups in total. The zero-order valence-corrected chi connectivity index (χ0v) is 15.5. The van der Waals surface area contributed by atoms with Gasteiger partial charge in [0.15, 0.2) is 0 Å². The van der Waals surface area contributed by atoms with Gasteiger partial charge in [-0.15, -0.1) is 0 Å². The van der Waals surface area contributed by atoms with Crippen LogP contribution in [0.5, 0.6) is 0 Å². The monoisotopic (exact) mass is 295 g/mol. The first-order chi connectivity index (χ1) is 10.1. The van der Waals surface area contributed by atoms with Gasteiger partial charge in [0.2, 0.25) is 0 Å². The molecule has 21 heavy (non-hydrogen) atoms. The van der Waals surface area contributed by atoms with E-state index in [-0.39, 0.29) is 0 Å². The number of hydrogen-bond acceptors (Lipinski definition) is 0. The highest BCUT2D eigenvalue weighted by Gasteiger charge is 2.16. The van der Waals surface area contributed by atoms with Crippen LogP contribution >= 0.6 is 0 Å². The molecule has 1 unspecified atom stereocenters. The van der Waals surface area contributed by atoms with E-state index < -0.39 is 0 Å². The molecule has 0 heteroatoms. The average molecular weight is 296 g/mol. The molecule has 0 spiro atoms. The maximum Gasteiger partial charge on any atom is -0.0326 e. The summed E-state index contributed by atoms with van der Waals surface area (Å²) in [6, 6.07) is 0. The highest BCUT2D eigenvalue weighted by Crippen LogP contribution is 2.30. The maximum atomic E-state index is 4.46. The van der Waals surface area contributed by atoms with E-state index in [4.69, 9.17) is 0 Å². The van der Waals surface area contributed by atoms with Crippen LogP contribution in [0.2, 0.25) is 0 Å². The molecule has 0 aliphatic carbocycles. The Kier molecular flexibility index (Phi) is 14.9. The van der Waals surface area contributed by atoms with Gasteiger partial charge >= 0.3 is 0 Å². The van der Waals surface area contributed by atoms with Crippen LogP contribution in [0.4, 0.5) is 0 Å². The quantitative estimate of drug-likeness (QED) is 0.252. The van der Waals surface area contributed by atoms with E-state index in [1.807, 2.05) is 0 Å². The number of rotatable bonds is 16. The summed E-state index contributed by atoms with van der Waals surface area (Å²) < 4.78 is 0. The number of hydrogen-bond donors (Lipinski definition) is 0. The zero-order valence-electron chi connectivity index (χ0n) is 15.5. The van der Waals surface area contributed by atoms with Crippen molar-refractivity contribution in [3.63, 3.8) is 0 Å². The van der Waals surface area contributed by atoms with Crippen molar-refractivity contribution in [1.82, 2.24) is 0 Å². The Balaban J connectivity index is 3.34. The van der Waals surface area contributed by atoms with Gasteiger partial charge in [0, 0.05) is 0 Å². The molecule has 127 valence electrons. The Morgan fingerprint density at radius 2 is 0.810 bits per heavy atom. The van der Waals surface area contributed by atoms with E-state index in [0.717, 1.165) is 0 Å². The second kappa shape index (κ2) is 14.9. The summed E-state index contributed by atoms with van der Waals surface area (Å²) in [4.78, 5) is 0. The van der Waals surface area contributed by atoms with E-state index in [0.29, 0.717) is 5.41 Å². The van der Waals surface area contributed by atoms with Gasteiger partial charge < -0.3 is 0 Å². The van der Waals surface area contributed by atoms with Gasteiger partial charge in [0.05, 0.1) is 0 Å². The molecule has 1 radical (unpaired) electrons. The van der Waals surface area contributed by atoms with Crippen molar-refractivity contribution in [3.8, 4) is 0 Å². The zero-order chi connectivity index (χ0) is 15.8. The van der Waals surface area contributed by atoms with Crippen molar-refractivity contribution in [2.24, 2.45) is 5.41 Å². The predicted molar refractivity (Wildman–Crippen MR) is 98.7 cm³/mol. The van der Waals surface area contributed by atoms with Gasteiger partial charge in [-0.2, -0.15) is 0 Å². The third-order valence-electron chi connectivity index (χ3n) is 4.77. The third kappa shape index (κ3) is 16.2. The van der Waals surface area contributed by atoms with Crippen LogP contribution in [0.3, 0.4) is 0 Å². The molecule has 0 saturated carbocycles. The lowest BCUT2D eigenvalue weighted by molar-refractivity contribution is 0.323. The molecule has 0 saturated heterocycles. The lowest BCUT2D eigenvalue weighted by atomic mass is 9.82. The Morgan fingerprint density at radius 3 is 1.14 bits per heavy atom. The summed E-state index contributed by atoms with van der Waals surface area (Å²) in [5.74, 6) is 0. The molecular formula is C21H43. The summed E-state index contributed by atoms with van der Waals surface area (Å²) in [7, 11) is 0. The van der Waals surface area contributed by atoms with Crippen molar-refractivity contribution >= 4 is 0 Å². The minimum absolute atomic E-state index is 0.340. The van der Waals surface area contributed by atoms with Gasteiger partial charge in [-0.3, -0.25) is 0 Å². The maximum absolute atomic E-state index is 4.46. The SMILES string of the molecule is [CH2]C(C)(CCCCCCCC)CCCCCCCCCC. The molecule has 0 heterocycles. The Hall–Kier alpha value is 0. The first-order valence-electron chi connectivity index (χ1n) is 9.97. The summed E-state index contributed by atoms with van der Waals surface area (Å²) in [5.41, 5.74) is 0.340. The third-order valence-corrected chi connectivity index (χ3v) is 4.77. The molecule has 1 atom stereocenters. The van der Waals surface area contributed by atoms with Gasteiger partial charge in [-0.05, 0) is 25.2 Å². The summed E-state index contributed by atoms with van der Waals surface area (Å²) in [5, 5.41) is 0. The second-order valence-electron chi connectivity index (χ2n) is 7.55. The van der Waals surface area contributed by atoms with Crippen LogP contribution < -0.4 is 0 Å². The van der Waals surface area contributed by atoms with Gasteiger partial charge in [0.25, 0.3) is 0 Å². The molecule has 0 fully saturated rings. The van der Waals surface area contributed by atoms with Crippen LogP contribution in [0.1, 0.15) is 124 Å². The molecule has 0 aromatic rings. The molecule has 0 aliphatic heterocycles. The van der Waals surface area contributed by atoms with E-state index in [1.54, 1.807) is 0 Å². The first kappa shape index (κ1) is 21.0. The Labute approximate surface area is 136 Å². The number of unbranched alkanes of at least 4 members (excludes halogenated alkanes) is 12. The molecule has 0 nitrogen and oxygen atoms in total. The van der Waals surface area contributed by atoms with Gasteiger partial charge in [-0.25, -0.2) is 0 Å². The minimum atomic E-state index is 0.340. The predicted octanol–water partition coefficient (Wildman–Crippen LogP) is 8.11. The van der Waals surface area contributed by atoms with Crippen molar-refractivity contribution in [1.29, 1.82) is 0 Å². The Bertz CT molecular complexity index is 192. The van der Waals surface area contributed by atoms with Gasteiger partial charge in [0.1, 0.15) is 0 Å². The lowest BCUT2D eigenvalue weighted by Crippen LogP contribution is -2.11. The highest BCUT2D eigenvalue weighted by atomic mass is 14.2. The fourth-order valence-corrected chi connectivity index (χ4v) is 3.14. The summed E-state index contributed by atoms with van der Waals surface area (Å²) in [6.07, 6.45) is 22.5. The largest absolute Gasteiger partial charge is 0.0654 e. The minimum Gasteiger partial charge on any atom is -0.0654 e. The first-order valence-corrected chi connectivity index (χ1v) is 9.97. The van der Waals surface area contributed by atoms with E-state index >= 15 is 0 Å². The molecule has 0 bridgehead atoms. The van der Waals surface area contributed by atoms with E-state index in [1.165, 1.54) is 103 Å². The van der Waals surface area contributed by atoms with Crippen LogP contribution in [0.25, 0.3) is 0 Å². The van der Waals surface area contributed by atoms with E-state index in [2.05, 4.69) is 27.7 Å². The van der Waals surface area contributed by atoms with Crippen molar-refractivity contribution in [3.05, 3.63) is 6.92 Å². The van der Waals surface area contributed by atoms with Crippen LogP contribution in [-0.2, 0) is 0 Å². The van der Waals surface area contributed by atoms with Crippen LogP contribution in [0, 0.1) is 12.3 Å². The summed E-state index contributed by atoms with van der Waals surface area (Å²) in [6.45, 7) is 11.4. The topological polar surface area (TPSA) is 0 Å². The smallest absolute Gasteiger partial charge is 0.0326 e. The molecule has 0 aromatic carbocycles. The van der Waals surface area contributed by atoms with Crippen molar-refractivity contribution in [2.45, 2.75) is 124 Å². The molecule has 0 aromatic heterocycles. The van der Waals surface area contributed by atoms with Crippen LogP contribution in [0.15, 0.2) is 0 Å². The molecule has 0 aliphatic rings. The normalized spacial score (nSPS) is 12.0. The van der Waals surface area contributed by atoms with Crippen molar-refractivity contribution in [2.75, 3.05) is 0 Å². The second-order valence-corrected chi connectivity index (χ2v) is 7.55. The van der Waals surface area contributed by atoms with E-state index in [9.17, 15) is 0 Å². The van der Waals surface area contributed by atoms with Crippen molar-refractivity contribution < 1.29 is 0 Å². The molecular weight excluding hydrogens is 252 g/mol. The molecule has 0 amide bonds. The highest BCUT2D eigenvalue weighted by molar-refractivity contribution is 4.76. The van der Waals surface area contributed by atoms with Crippen LogP contribution in [-0.4, -0.2) is 0 Å². The standard InChI is InChI=1S/C21H43/c1-5-7-9-11-13-14-16-18-20-21(3,4)19-17-15-12-10-8-6-2/h3,5-20H2,1-2,4H3. The Morgan fingerprint density at radius 1 is 0.524 bits per heavy atom. The summed E-state index contributed by atoms with van der Waals surface area (Å²) >= 11 is 0. The van der Waals surface area contributed by atoms with Gasteiger partial charge in [-0.1, -0.05) is 111 Å². The average Bonchev–Trinajstić information content (AvgIpc) is 2.45. The molecule has 0 rings (SSSR count). The lowest BCUT2D eigenvalue weighted by Gasteiger charge is -2.24.